The molecular formula is C19H21IN2O3. The summed E-state index contributed by atoms with van der Waals surface area (Å²) >= 11 is 2.17. The summed E-state index contributed by atoms with van der Waals surface area (Å²) in [7, 11) is 1.77. The normalized spacial score (nSPS) is 11.5. The van der Waals surface area contributed by atoms with Crippen LogP contribution in [0.15, 0.2) is 48.5 Å². The second-order valence-corrected chi connectivity index (χ2v) is 6.63. The van der Waals surface area contributed by atoms with Gasteiger partial charge in [0.25, 0.3) is 5.91 Å². The molecule has 0 spiro atoms. The molecule has 0 aliphatic rings. The summed E-state index contributed by atoms with van der Waals surface area (Å²) in [6.45, 7) is 2.08. The fourth-order valence-electron chi connectivity index (χ4n) is 2.48. The molecular weight excluding hydrogens is 431 g/mol. The highest BCUT2D eigenvalue weighted by Crippen LogP contribution is 2.22. The lowest BCUT2D eigenvalue weighted by Gasteiger charge is -2.19. The number of esters is 1. The number of benzene rings is 2. The van der Waals surface area contributed by atoms with Crippen molar-refractivity contribution < 1.29 is 14.3 Å². The van der Waals surface area contributed by atoms with Crippen molar-refractivity contribution in [1.82, 2.24) is 5.32 Å². The van der Waals surface area contributed by atoms with E-state index in [1.165, 1.54) is 0 Å². The van der Waals surface area contributed by atoms with Crippen molar-refractivity contribution in [2.45, 2.75) is 19.4 Å². The number of hydrogen-bond acceptors (Lipinski definition) is 4. The molecule has 0 aromatic heterocycles. The first kappa shape index (κ1) is 19.2. The number of halogens is 1. The van der Waals surface area contributed by atoms with E-state index in [9.17, 15) is 9.59 Å². The molecule has 0 bridgehead atoms. The average molecular weight is 452 g/mol. The van der Waals surface area contributed by atoms with E-state index in [1.807, 2.05) is 48.5 Å². The fourth-order valence-corrected chi connectivity index (χ4v) is 2.97. The van der Waals surface area contributed by atoms with Crippen LogP contribution in [0, 0.1) is 3.57 Å². The standard InChI is InChI=1S/C19H21IN2O3/c1-3-25-18(23)12-17(13-7-5-4-6-8-13)22-19(24)15-11-14(20)9-10-16(15)21-2/h4-11,17,21H,3,12H2,1-2H3,(H,22,24). The molecule has 0 aliphatic heterocycles. The van der Waals surface area contributed by atoms with Crippen LogP contribution in [0.25, 0.3) is 0 Å². The molecule has 2 aromatic rings. The Hall–Kier alpha value is -2.09. The van der Waals surface area contributed by atoms with Crippen molar-refractivity contribution in [3.8, 4) is 0 Å². The number of amides is 1. The summed E-state index contributed by atoms with van der Waals surface area (Å²) in [5, 5.41) is 5.98. The van der Waals surface area contributed by atoms with Crippen molar-refractivity contribution in [2.24, 2.45) is 0 Å². The van der Waals surface area contributed by atoms with E-state index < -0.39 is 6.04 Å². The van der Waals surface area contributed by atoms with E-state index in [0.29, 0.717) is 12.2 Å². The van der Waals surface area contributed by atoms with Gasteiger partial charge < -0.3 is 15.4 Å². The highest BCUT2D eigenvalue weighted by Gasteiger charge is 2.21. The van der Waals surface area contributed by atoms with Gasteiger partial charge in [0.15, 0.2) is 0 Å². The van der Waals surface area contributed by atoms with Gasteiger partial charge in [-0.05, 0) is 53.3 Å². The van der Waals surface area contributed by atoms with Crippen molar-refractivity contribution in [3.05, 3.63) is 63.2 Å². The number of hydrogen-bond donors (Lipinski definition) is 2. The quantitative estimate of drug-likeness (QED) is 0.496. The molecule has 25 heavy (non-hydrogen) atoms. The minimum Gasteiger partial charge on any atom is -0.466 e. The number of ether oxygens (including phenoxy) is 1. The Morgan fingerprint density at radius 3 is 2.52 bits per heavy atom. The summed E-state index contributed by atoms with van der Waals surface area (Å²) < 4.78 is 6.00. The Morgan fingerprint density at radius 1 is 1.16 bits per heavy atom. The van der Waals surface area contributed by atoms with E-state index in [-0.39, 0.29) is 18.3 Å². The highest BCUT2D eigenvalue weighted by atomic mass is 127. The fraction of sp³-hybridized carbons (Fsp3) is 0.263. The third-order valence-electron chi connectivity index (χ3n) is 3.68. The molecule has 6 heteroatoms. The first-order valence-corrected chi connectivity index (χ1v) is 9.11. The van der Waals surface area contributed by atoms with Crippen LogP contribution in [0.4, 0.5) is 5.69 Å². The Labute approximate surface area is 161 Å². The molecule has 132 valence electrons. The van der Waals surface area contributed by atoms with Crippen LogP contribution in [-0.4, -0.2) is 25.5 Å². The SMILES string of the molecule is CCOC(=O)CC(NC(=O)c1cc(I)ccc1NC)c1ccccc1. The Bertz CT molecular complexity index is 735. The molecule has 2 aromatic carbocycles. The first-order chi connectivity index (χ1) is 12.0. The monoisotopic (exact) mass is 452 g/mol. The molecule has 0 aliphatic carbocycles. The van der Waals surface area contributed by atoms with Crippen molar-refractivity contribution in [2.75, 3.05) is 19.0 Å². The van der Waals surface area contributed by atoms with Gasteiger partial charge in [-0.15, -0.1) is 0 Å². The number of carbonyl (C=O) groups is 2. The molecule has 1 unspecified atom stereocenters. The van der Waals surface area contributed by atoms with Crippen LogP contribution in [0.2, 0.25) is 0 Å². The lowest BCUT2D eigenvalue weighted by atomic mass is 10.0. The van der Waals surface area contributed by atoms with E-state index in [1.54, 1.807) is 14.0 Å². The van der Waals surface area contributed by atoms with Gasteiger partial charge in [0.1, 0.15) is 0 Å². The van der Waals surface area contributed by atoms with Gasteiger partial charge in [-0.3, -0.25) is 9.59 Å². The Balaban J connectivity index is 2.25. The summed E-state index contributed by atoms with van der Waals surface area (Å²) in [4.78, 5) is 24.7. The van der Waals surface area contributed by atoms with Gasteiger partial charge in [0.2, 0.25) is 0 Å². The predicted octanol–water partition coefficient (Wildman–Crippen LogP) is 3.76. The highest BCUT2D eigenvalue weighted by molar-refractivity contribution is 14.1. The summed E-state index contributed by atoms with van der Waals surface area (Å²) in [5.74, 6) is -0.575. The zero-order valence-corrected chi connectivity index (χ0v) is 16.4. The Kier molecular flexibility index (Phi) is 7.24. The maximum absolute atomic E-state index is 12.8. The first-order valence-electron chi connectivity index (χ1n) is 8.04. The van der Waals surface area contributed by atoms with Crippen LogP contribution >= 0.6 is 22.6 Å². The average Bonchev–Trinajstić information content (AvgIpc) is 2.62. The predicted molar refractivity (Wildman–Crippen MR) is 107 cm³/mol. The largest absolute Gasteiger partial charge is 0.466 e. The van der Waals surface area contributed by atoms with Gasteiger partial charge in [-0.1, -0.05) is 30.3 Å². The molecule has 2 N–H and O–H groups in total. The second-order valence-electron chi connectivity index (χ2n) is 5.39. The van der Waals surface area contributed by atoms with Gasteiger partial charge >= 0.3 is 5.97 Å². The number of nitrogens with one attached hydrogen (secondary N) is 2. The zero-order valence-electron chi connectivity index (χ0n) is 14.2. The van der Waals surface area contributed by atoms with Crippen LogP contribution in [-0.2, 0) is 9.53 Å². The minimum absolute atomic E-state index is 0.0857. The number of anilines is 1. The minimum atomic E-state index is -0.449. The van der Waals surface area contributed by atoms with Crippen LogP contribution < -0.4 is 10.6 Å². The number of rotatable bonds is 7. The molecule has 5 nitrogen and oxygen atoms in total. The van der Waals surface area contributed by atoms with Gasteiger partial charge in [-0.2, -0.15) is 0 Å². The lowest BCUT2D eigenvalue weighted by molar-refractivity contribution is -0.143. The van der Waals surface area contributed by atoms with E-state index in [4.69, 9.17) is 4.74 Å². The number of carbonyl (C=O) groups excluding carboxylic acids is 2. The molecule has 0 heterocycles. The maximum atomic E-state index is 12.8. The van der Waals surface area contributed by atoms with E-state index >= 15 is 0 Å². The van der Waals surface area contributed by atoms with Gasteiger partial charge in [0, 0.05) is 16.3 Å². The summed E-state index contributed by atoms with van der Waals surface area (Å²) in [6, 6.07) is 14.6. The van der Waals surface area contributed by atoms with Gasteiger partial charge in [0.05, 0.1) is 24.6 Å². The topological polar surface area (TPSA) is 67.4 Å². The third-order valence-corrected chi connectivity index (χ3v) is 4.35. The molecule has 1 atom stereocenters. The molecule has 2 rings (SSSR count). The van der Waals surface area contributed by atoms with Crippen LogP contribution in [0.3, 0.4) is 0 Å². The third kappa shape index (κ3) is 5.45. The van der Waals surface area contributed by atoms with Gasteiger partial charge in [-0.25, -0.2) is 0 Å². The van der Waals surface area contributed by atoms with Crippen molar-refractivity contribution in [3.63, 3.8) is 0 Å². The van der Waals surface area contributed by atoms with Crippen molar-refractivity contribution >= 4 is 40.2 Å². The van der Waals surface area contributed by atoms with E-state index in [0.717, 1.165) is 14.8 Å². The lowest BCUT2D eigenvalue weighted by Crippen LogP contribution is -2.31. The maximum Gasteiger partial charge on any atom is 0.308 e. The molecule has 0 radical (unpaired) electrons. The molecule has 1 amide bonds. The summed E-state index contributed by atoms with van der Waals surface area (Å²) in [5.41, 5.74) is 2.14. The Morgan fingerprint density at radius 2 is 1.88 bits per heavy atom. The van der Waals surface area contributed by atoms with Crippen molar-refractivity contribution in [1.29, 1.82) is 0 Å². The smallest absolute Gasteiger partial charge is 0.308 e. The second kappa shape index (κ2) is 9.41. The summed E-state index contributed by atoms with van der Waals surface area (Å²) in [6.07, 6.45) is 0.0857. The molecule has 0 saturated heterocycles. The zero-order chi connectivity index (χ0) is 18.2. The van der Waals surface area contributed by atoms with E-state index in [2.05, 4.69) is 33.2 Å². The molecule has 0 fully saturated rings. The molecule has 0 saturated carbocycles. The van der Waals surface area contributed by atoms with Crippen LogP contribution in [0.1, 0.15) is 35.3 Å². The van der Waals surface area contributed by atoms with Crippen LogP contribution in [0.5, 0.6) is 0 Å².